The van der Waals surface area contributed by atoms with E-state index < -0.39 is 10.0 Å². The minimum Gasteiger partial charge on any atom is -0.492 e. The minimum absolute atomic E-state index is 0.270. The average molecular weight is 391 g/mol. The molecule has 0 aliphatic heterocycles. The lowest BCUT2D eigenvalue weighted by Gasteiger charge is -2.22. The van der Waals surface area contributed by atoms with Crippen molar-refractivity contribution in [2.75, 3.05) is 30.3 Å². The molecule has 7 heteroatoms. The lowest BCUT2D eigenvalue weighted by Crippen LogP contribution is -2.41. The Kier molecular flexibility index (Phi) is 7.24. The van der Waals surface area contributed by atoms with Gasteiger partial charge in [-0.25, -0.2) is 8.42 Å². The van der Waals surface area contributed by atoms with E-state index in [0.717, 1.165) is 28.3 Å². The van der Waals surface area contributed by atoms with Crippen LogP contribution in [0.3, 0.4) is 0 Å². The second kappa shape index (κ2) is 9.41. The van der Waals surface area contributed by atoms with Crippen molar-refractivity contribution < 1.29 is 17.9 Å². The summed E-state index contributed by atoms with van der Waals surface area (Å²) in [4.78, 5) is 12.2. The molecule has 1 N–H and O–H groups in total. The van der Waals surface area contributed by atoms with Crippen LogP contribution in [0, 0.1) is 6.92 Å². The van der Waals surface area contributed by atoms with Crippen LogP contribution in [-0.2, 0) is 21.2 Å². The summed E-state index contributed by atoms with van der Waals surface area (Å²) in [6, 6.07) is 14.8. The number of benzene rings is 2. The number of hydrogen-bond donors (Lipinski definition) is 1. The van der Waals surface area contributed by atoms with Gasteiger partial charge in [0.25, 0.3) is 0 Å². The molecule has 0 aliphatic carbocycles. The Labute approximate surface area is 161 Å². The van der Waals surface area contributed by atoms with E-state index in [1.807, 2.05) is 37.3 Å². The van der Waals surface area contributed by atoms with E-state index in [2.05, 4.69) is 12.2 Å². The Morgan fingerprint density at radius 3 is 2.44 bits per heavy atom. The third kappa shape index (κ3) is 6.60. The van der Waals surface area contributed by atoms with Gasteiger partial charge in [-0.1, -0.05) is 31.2 Å². The quantitative estimate of drug-likeness (QED) is 0.668. The van der Waals surface area contributed by atoms with Crippen molar-refractivity contribution in [2.45, 2.75) is 20.3 Å². The summed E-state index contributed by atoms with van der Waals surface area (Å²) < 4.78 is 30.8. The summed E-state index contributed by atoms with van der Waals surface area (Å²) in [5.74, 6) is 0.353. The zero-order valence-electron chi connectivity index (χ0n) is 15.9. The molecule has 0 spiro atoms. The van der Waals surface area contributed by atoms with Gasteiger partial charge < -0.3 is 10.1 Å². The smallest absolute Gasteiger partial charge is 0.240 e. The first kappa shape index (κ1) is 20.8. The minimum atomic E-state index is -3.57. The van der Waals surface area contributed by atoms with Crippen LogP contribution in [0.5, 0.6) is 5.75 Å². The van der Waals surface area contributed by atoms with Gasteiger partial charge >= 0.3 is 0 Å². The Morgan fingerprint density at radius 2 is 1.85 bits per heavy atom. The van der Waals surface area contributed by atoms with E-state index in [9.17, 15) is 13.2 Å². The van der Waals surface area contributed by atoms with Crippen LogP contribution in [0.25, 0.3) is 0 Å². The predicted octanol–water partition coefficient (Wildman–Crippen LogP) is 2.52. The molecule has 0 heterocycles. The fourth-order valence-electron chi connectivity index (χ4n) is 2.55. The molecule has 0 unspecified atom stereocenters. The van der Waals surface area contributed by atoms with Crippen molar-refractivity contribution in [2.24, 2.45) is 0 Å². The topological polar surface area (TPSA) is 75.7 Å². The van der Waals surface area contributed by atoms with Gasteiger partial charge in [0.1, 0.15) is 18.9 Å². The molecule has 2 rings (SSSR count). The lowest BCUT2D eigenvalue weighted by molar-refractivity contribution is -0.119. The first-order chi connectivity index (χ1) is 12.8. The summed E-state index contributed by atoms with van der Waals surface area (Å²) in [5.41, 5.74) is 2.62. The summed E-state index contributed by atoms with van der Waals surface area (Å²) in [6.07, 6.45) is 2.06. The molecule has 0 atom stereocenters. The van der Waals surface area contributed by atoms with E-state index in [-0.39, 0.29) is 12.5 Å². The van der Waals surface area contributed by atoms with Crippen molar-refractivity contribution in [3.8, 4) is 5.75 Å². The first-order valence-corrected chi connectivity index (χ1v) is 10.7. The van der Waals surface area contributed by atoms with Crippen molar-refractivity contribution in [1.29, 1.82) is 0 Å². The van der Waals surface area contributed by atoms with Gasteiger partial charge in [0.2, 0.25) is 15.9 Å². The zero-order valence-corrected chi connectivity index (χ0v) is 16.8. The van der Waals surface area contributed by atoms with Crippen molar-refractivity contribution in [1.82, 2.24) is 5.32 Å². The highest BCUT2D eigenvalue weighted by molar-refractivity contribution is 7.92. The van der Waals surface area contributed by atoms with Crippen LogP contribution in [0.15, 0.2) is 48.5 Å². The molecule has 0 saturated heterocycles. The normalized spacial score (nSPS) is 11.1. The number of amides is 1. The number of carbonyl (C=O) groups excluding carboxylic acids is 1. The number of rotatable bonds is 9. The highest BCUT2D eigenvalue weighted by Crippen LogP contribution is 2.18. The van der Waals surface area contributed by atoms with Crippen molar-refractivity contribution >= 4 is 21.6 Å². The van der Waals surface area contributed by atoms with E-state index in [1.165, 1.54) is 5.56 Å². The maximum absolute atomic E-state index is 12.2. The molecule has 0 aromatic heterocycles. The van der Waals surface area contributed by atoms with Gasteiger partial charge in [-0.3, -0.25) is 9.10 Å². The molecule has 0 aliphatic rings. The Morgan fingerprint density at radius 1 is 1.15 bits per heavy atom. The fourth-order valence-corrected chi connectivity index (χ4v) is 3.40. The molecule has 6 nitrogen and oxygen atoms in total. The molecular formula is C20H26N2O4S. The first-order valence-electron chi connectivity index (χ1n) is 8.82. The number of nitrogens with one attached hydrogen (secondary N) is 1. The van der Waals surface area contributed by atoms with Crippen LogP contribution in [0.2, 0.25) is 0 Å². The summed E-state index contributed by atoms with van der Waals surface area (Å²) >= 11 is 0. The molecule has 0 bridgehead atoms. The fraction of sp³-hybridized carbons (Fsp3) is 0.350. The number of hydrogen-bond acceptors (Lipinski definition) is 4. The second-order valence-corrected chi connectivity index (χ2v) is 8.21. The summed E-state index contributed by atoms with van der Waals surface area (Å²) in [6.45, 7) is 4.28. The lowest BCUT2D eigenvalue weighted by atomic mass is 10.2. The number of aryl methyl sites for hydroxylation is 2. The molecule has 0 fully saturated rings. The van der Waals surface area contributed by atoms with E-state index in [1.54, 1.807) is 18.2 Å². The summed E-state index contributed by atoms with van der Waals surface area (Å²) in [7, 11) is -3.57. The van der Waals surface area contributed by atoms with E-state index in [0.29, 0.717) is 18.8 Å². The predicted molar refractivity (Wildman–Crippen MR) is 108 cm³/mol. The molecular weight excluding hydrogens is 364 g/mol. The Balaban J connectivity index is 1.86. The van der Waals surface area contributed by atoms with Gasteiger partial charge in [0.15, 0.2) is 0 Å². The van der Waals surface area contributed by atoms with E-state index in [4.69, 9.17) is 4.74 Å². The maximum atomic E-state index is 12.2. The van der Waals surface area contributed by atoms with Gasteiger partial charge in [-0.2, -0.15) is 0 Å². The maximum Gasteiger partial charge on any atom is 0.240 e. The number of nitrogens with zero attached hydrogens (tertiary/aromatic N) is 1. The van der Waals surface area contributed by atoms with Gasteiger partial charge in [0, 0.05) is 0 Å². The molecule has 0 saturated carbocycles. The van der Waals surface area contributed by atoms with Crippen molar-refractivity contribution in [3.63, 3.8) is 0 Å². The molecule has 27 heavy (non-hydrogen) atoms. The third-order valence-corrected chi connectivity index (χ3v) is 5.14. The number of sulfonamides is 1. The van der Waals surface area contributed by atoms with Crippen LogP contribution in [0.4, 0.5) is 5.69 Å². The number of ether oxygens (including phenoxy) is 1. The number of carbonyl (C=O) groups is 1. The van der Waals surface area contributed by atoms with Gasteiger partial charge in [-0.05, 0) is 48.7 Å². The second-order valence-electron chi connectivity index (χ2n) is 6.30. The highest BCUT2D eigenvalue weighted by atomic mass is 32.2. The molecule has 2 aromatic carbocycles. The standard InChI is InChI=1S/C20H26N2O4S/c1-4-17-8-10-19(11-9-17)26-13-12-21-20(23)15-22(27(3,24)25)18-7-5-6-16(2)14-18/h5-11,14H,4,12-13,15H2,1-3H3,(H,21,23). The van der Waals surface area contributed by atoms with Crippen LogP contribution in [0.1, 0.15) is 18.1 Å². The highest BCUT2D eigenvalue weighted by Gasteiger charge is 2.20. The number of anilines is 1. The van der Waals surface area contributed by atoms with Crippen LogP contribution in [-0.4, -0.2) is 40.3 Å². The van der Waals surface area contributed by atoms with Crippen LogP contribution >= 0.6 is 0 Å². The third-order valence-electron chi connectivity index (χ3n) is 4.00. The Hall–Kier alpha value is -2.54. The van der Waals surface area contributed by atoms with Gasteiger partial charge in [0.05, 0.1) is 18.5 Å². The van der Waals surface area contributed by atoms with Gasteiger partial charge in [-0.15, -0.1) is 0 Å². The molecule has 0 radical (unpaired) electrons. The molecule has 2 aromatic rings. The average Bonchev–Trinajstić information content (AvgIpc) is 2.63. The monoisotopic (exact) mass is 390 g/mol. The SMILES string of the molecule is CCc1ccc(OCCNC(=O)CN(c2cccc(C)c2)S(C)(=O)=O)cc1. The molecule has 146 valence electrons. The Bertz CT molecular complexity index is 864. The molecule has 1 amide bonds. The zero-order chi connectivity index (χ0) is 19.9. The summed E-state index contributed by atoms with van der Waals surface area (Å²) in [5, 5.41) is 2.69. The largest absolute Gasteiger partial charge is 0.492 e. The van der Waals surface area contributed by atoms with Crippen LogP contribution < -0.4 is 14.4 Å². The van der Waals surface area contributed by atoms with Crippen molar-refractivity contribution in [3.05, 3.63) is 59.7 Å². The van der Waals surface area contributed by atoms with E-state index >= 15 is 0 Å².